The van der Waals surface area contributed by atoms with Gasteiger partial charge in [0.05, 0.1) is 36.6 Å². The molecule has 0 N–H and O–H groups in total. The topological polar surface area (TPSA) is 70.2 Å². The Balaban J connectivity index is 1.79. The molecule has 1 unspecified atom stereocenters. The van der Waals surface area contributed by atoms with Gasteiger partial charge in [0.25, 0.3) is 0 Å². The fourth-order valence-corrected chi connectivity index (χ4v) is 2.47. The van der Waals surface area contributed by atoms with Crippen molar-refractivity contribution in [2.75, 3.05) is 13.2 Å². The molecule has 0 spiro atoms. The van der Waals surface area contributed by atoms with Gasteiger partial charge < -0.3 is 14.9 Å². The molecule has 0 radical (unpaired) electrons. The second-order valence-corrected chi connectivity index (χ2v) is 4.52. The summed E-state index contributed by atoms with van der Waals surface area (Å²) in [5.41, 5.74) is 0.995. The third-order valence-electron chi connectivity index (χ3n) is 3.55. The number of aromatic nitrogens is 2. The van der Waals surface area contributed by atoms with Gasteiger partial charge in [0, 0.05) is 5.92 Å². The number of ether oxygens (including phenoxy) is 1. The van der Waals surface area contributed by atoms with E-state index in [1.165, 1.54) is 0 Å². The molecule has 3 rings (SSSR count). The predicted molar refractivity (Wildman–Crippen MR) is 55.0 cm³/mol. The number of nitrogens with zero attached hydrogens (tertiary/aromatic N) is 3. The predicted octanol–water partition coefficient (Wildman–Crippen LogP) is 1.00. The molecule has 3 heterocycles. The summed E-state index contributed by atoms with van der Waals surface area (Å²) in [7, 11) is 0. The monoisotopic (exact) mass is 223 g/mol. The number of rotatable bonds is 2. The Kier molecular flexibility index (Phi) is 2.17. The third-order valence-corrected chi connectivity index (χ3v) is 3.55. The first-order valence-electron chi connectivity index (χ1n) is 5.53. The molecule has 2 aliphatic rings. The minimum atomic E-state index is -0.424. The van der Waals surface area contributed by atoms with Crippen LogP contribution in [-0.4, -0.2) is 27.9 Å². The number of hydrogen-bond donors (Lipinski definition) is 0. The Labute approximate surface area is 92.3 Å². The maximum absolute atomic E-state index is 10.6. The molecule has 1 saturated heterocycles. The molecule has 0 aliphatic carbocycles. The Bertz CT molecular complexity index is 425. The van der Waals surface area contributed by atoms with Crippen LogP contribution in [0, 0.1) is 22.0 Å². The van der Waals surface area contributed by atoms with E-state index < -0.39 is 4.92 Å². The summed E-state index contributed by atoms with van der Waals surface area (Å²) < 4.78 is 6.96. The lowest BCUT2D eigenvalue weighted by atomic mass is 9.83. The summed E-state index contributed by atoms with van der Waals surface area (Å²) in [5.74, 6) is 1.22. The number of aryl methyl sites for hydroxylation is 1. The van der Waals surface area contributed by atoms with E-state index >= 15 is 0 Å². The van der Waals surface area contributed by atoms with E-state index in [2.05, 4.69) is 5.10 Å². The van der Waals surface area contributed by atoms with Crippen molar-refractivity contribution in [3.63, 3.8) is 0 Å². The van der Waals surface area contributed by atoms with E-state index in [0.29, 0.717) is 11.8 Å². The van der Waals surface area contributed by atoms with Gasteiger partial charge in [-0.25, -0.2) is 0 Å². The van der Waals surface area contributed by atoms with Crippen molar-refractivity contribution in [3.8, 4) is 0 Å². The van der Waals surface area contributed by atoms with Crippen LogP contribution in [0.1, 0.15) is 12.1 Å². The summed E-state index contributed by atoms with van der Waals surface area (Å²) >= 11 is 0. The minimum absolute atomic E-state index is 0.0273. The van der Waals surface area contributed by atoms with E-state index in [-0.39, 0.29) is 5.82 Å². The van der Waals surface area contributed by atoms with Gasteiger partial charge in [-0.05, 0) is 23.7 Å². The van der Waals surface area contributed by atoms with E-state index in [9.17, 15) is 10.1 Å². The average Bonchev–Trinajstić information content (AvgIpc) is 2.57. The molecule has 16 heavy (non-hydrogen) atoms. The Morgan fingerprint density at radius 1 is 1.50 bits per heavy atom. The third kappa shape index (κ3) is 1.49. The van der Waals surface area contributed by atoms with E-state index in [0.717, 1.165) is 38.3 Å². The van der Waals surface area contributed by atoms with Gasteiger partial charge in [0.15, 0.2) is 0 Å². The molecule has 1 atom stereocenters. The zero-order valence-electron chi connectivity index (χ0n) is 8.83. The smallest absolute Gasteiger partial charge is 0.381 e. The lowest BCUT2D eigenvalue weighted by Gasteiger charge is -2.35. The van der Waals surface area contributed by atoms with Gasteiger partial charge >= 0.3 is 5.82 Å². The maximum Gasteiger partial charge on any atom is 0.390 e. The average molecular weight is 223 g/mol. The standard InChI is InChI=1S/C10H13N3O3/c14-13(15)10-4-9-3-7(8-5-16-6-8)1-2-12(9)11-10/h4,7-8H,1-3,5-6H2. The van der Waals surface area contributed by atoms with Crippen molar-refractivity contribution in [3.05, 3.63) is 21.9 Å². The summed E-state index contributed by atoms with van der Waals surface area (Å²) in [5, 5.41) is 14.6. The van der Waals surface area contributed by atoms with Crippen LogP contribution in [0.2, 0.25) is 0 Å². The molecular formula is C10H13N3O3. The van der Waals surface area contributed by atoms with Crippen molar-refractivity contribution >= 4 is 5.82 Å². The highest BCUT2D eigenvalue weighted by molar-refractivity contribution is 5.23. The van der Waals surface area contributed by atoms with Crippen LogP contribution in [0.5, 0.6) is 0 Å². The molecular weight excluding hydrogens is 210 g/mol. The molecule has 0 amide bonds. The van der Waals surface area contributed by atoms with Crippen LogP contribution >= 0.6 is 0 Å². The molecule has 0 bridgehead atoms. The normalized spacial score (nSPS) is 24.9. The summed E-state index contributed by atoms with van der Waals surface area (Å²) in [6.45, 7) is 2.49. The van der Waals surface area contributed by atoms with Crippen molar-refractivity contribution in [1.29, 1.82) is 0 Å². The molecule has 86 valence electrons. The lowest BCUT2D eigenvalue weighted by Crippen LogP contribution is -2.38. The van der Waals surface area contributed by atoms with Crippen molar-refractivity contribution in [1.82, 2.24) is 9.78 Å². The largest absolute Gasteiger partial charge is 0.390 e. The van der Waals surface area contributed by atoms with Gasteiger partial charge in [-0.15, -0.1) is 0 Å². The summed E-state index contributed by atoms with van der Waals surface area (Å²) in [4.78, 5) is 10.2. The lowest BCUT2D eigenvalue weighted by molar-refractivity contribution is -0.389. The second-order valence-electron chi connectivity index (χ2n) is 4.52. The van der Waals surface area contributed by atoms with Crippen LogP contribution in [0.15, 0.2) is 6.07 Å². The van der Waals surface area contributed by atoms with Gasteiger partial charge in [0.1, 0.15) is 0 Å². The molecule has 0 saturated carbocycles. The highest BCUT2D eigenvalue weighted by Crippen LogP contribution is 2.31. The zero-order chi connectivity index (χ0) is 11.1. The Morgan fingerprint density at radius 3 is 2.94 bits per heavy atom. The fourth-order valence-electron chi connectivity index (χ4n) is 2.47. The molecule has 0 aromatic carbocycles. The van der Waals surface area contributed by atoms with Gasteiger partial charge in [-0.2, -0.15) is 4.68 Å². The minimum Gasteiger partial charge on any atom is -0.381 e. The maximum atomic E-state index is 10.6. The van der Waals surface area contributed by atoms with Gasteiger partial charge in [-0.1, -0.05) is 0 Å². The van der Waals surface area contributed by atoms with E-state index in [1.54, 1.807) is 10.7 Å². The molecule has 6 nitrogen and oxygen atoms in total. The number of hydrogen-bond acceptors (Lipinski definition) is 4. The highest BCUT2D eigenvalue weighted by atomic mass is 16.6. The van der Waals surface area contributed by atoms with E-state index in [1.807, 2.05) is 0 Å². The first-order valence-corrected chi connectivity index (χ1v) is 5.53. The molecule has 1 aromatic heterocycles. The van der Waals surface area contributed by atoms with Crippen LogP contribution in [0.25, 0.3) is 0 Å². The zero-order valence-corrected chi connectivity index (χ0v) is 8.83. The van der Waals surface area contributed by atoms with Crippen molar-refractivity contribution in [2.24, 2.45) is 11.8 Å². The SMILES string of the molecule is O=[N+]([O-])c1cc2n(n1)CCC(C1COC1)C2. The molecule has 2 aliphatic heterocycles. The first kappa shape index (κ1) is 9.77. The van der Waals surface area contributed by atoms with Gasteiger partial charge in [0.2, 0.25) is 0 Å². The second kappa shape index (κ2) is 3.55. The molecule has 6 heteroatoms. The van der Waals surface area contributed by atoms with Crippen LogP contribution in [-0.2, 0) is 17.7 Å². The van der Waals surface area contributed by atoms with Crippen molar-refractivity contribution in [2.45, 2.75) is 19.4 Å². The fraction of sp³-hybridized carbons (Fsp3) is 0.700. The number of fused-ring (bicyclic) bond motifs is 1. The van der Waals surface area contributed by atoms with Crippen LogP contribution in [0.3, 0.4) is 0 Å². The van der Waals surface area contributed by atoms with Crippen LogP contribution < -0.4 is 0 Å². The first-order chi connectivity index (χ1) is 7.74. The summed E-state index contributed by atoms with van der Waals surface area (Å²) in [6.07, 6.45) is 1.95. The highest BCUT2D eigenvalue weighted by Gasteiger charge is 2.33. The van der Waals surface area contributed by atoms with Crippen molar-refractivity contribution < 1.29 is 9.66 Å². The Morgan fingerprint density at radius 2 is 2.31 bits per heavy atom. The Hall–Kier alpha value is -1.43. The van der Waals surface area contributed by atoms with Gasteiger partial charge in [-0.3, -0.25) is 0 Å². The molecule has 1 fully saturated rings. The van der Waals surface area contributed by atoms with E-state index in [4.69, 9.17) is 4.74 Å². The quantitative estimate of drug-likeness (QED) is 0.554. The molecule has 1 aromatic rings. The summed E-state index contributed by atoms with van der Waals surface area (Å²) in [6, 6.07) is 1.60. The number of nitro groups is 1. The van der Waals surface area contributed by atoms with Crippen LogP contribution in [0.4, 0.5) is 5.82 Å².